The lowest BCUT2D eigenvalue weighted by molar-refractivity contribution is -0.150. The van der Waals surface area contributed by atoms with Gasteiger partial charge in [-0.1, -0.05) is 13.3 Å². The molecule has 0 radical (unpaired) electrons. The Hall–Kier alpha value is -1.89. The fraction of sp³-hybridized carbons (Fsp3) is 0.556. The molecule has 0 aliphatic carbocycles. The van der Waals surface area contributed by atoms with Crippen molar-refractivity contribution in [1.29, 1.82) is 0 Å². The zero-order chi connectivity index (χ0) is 18.7. The van der Waals surface area contributed by atoms with Crippen molar-refractivity contribution in [2.75, 3.05) is 18.8 Å². The molecule has 0 saturated carbocycles. The molecule has 0 aromatic heterocycles. The average molecular weight is 367 g/mol. The second-order valence-corrected chi connectivity index (χ2v) is 9.00. The SMILES string of the molecule is CCCCS(=O)(=O)c1ccc(C(=O)N2CCCC(C)(C(=O)O)C2)cc1. The number of sulfone groups is 1. The van der Waals surface area contributed by atoms with Crippen LogP contribution in [0.1, 0.15) is 49.9 Å². The van der Waals surface area contributed by atoms with Gasteiger partial charge in [0.25, 0.3) is 5.91 Å². The molecule has 0 spiro atoms. The van der Waals surface area contributed by atoms with Crippen LogP contribution in [0.2, 0.25) is 0 Å². The van der Waals surface area contributed by atoms with Crippen LogP contribution in [0.25, 0.3) is 0 Å². The molecular weight excluding hydrogens is 342 g/mol. The molecule has 1 fully saturated rings. The number of likely N-dealkylation sites (tertiary alicyclic amines) is 1. The van der Waals surface area contributed by atoms with Gasteiger partial charge in [-0.15, -0.1) is 0 Å². The topological polar surface area (TPSA) is 91.8 Å². The molecule has 1 heterocycles. The number of piperidine rings is 1. The van der Waals surface area contributed by atoms with E-state index in [1.54, 1.807) is 6.92 Å². The molecule has 138 valence electrons. The average Bonchev–Trinajstić information content (AvgIpc) is 2.59. The Morgan fingerprint density at radius 3 is 2.44 bits per heavy atom. The molecule has 1 atom stereocenters. The van der Waals surface area contributed by atoms with Crippen molar-refractivity contribution >= 4 is 21.7 Å². The van der Waals surface area contributed by atoms with Crippen molar-refractivity contribution in [2.45, 2.75) is 44.4 Å². The first-order valence-corrected chi connectivity index (χ1v) is 10.2. The number of aliphatic carboxylic acids is 1. The quantitative estimate of drug-likeness (QED) is 0.834. The molecular formula is C18H25NO5S. The normalized spacial score (nSPS) is 21.1. The third-order valence-electron chi connectivity index (χ3n) is 4.73. The highest BCUT2D eigenvalue weighted by atomic mass is 32.2. The summed E-state index contributed by atoms with van der Waals surface area (Å²) in [5.74, 6) is -1.06. The third-order valence-corrected chi connectivity index (χ3v) is 6.54. The first kappa shape index (κ1) is 19.4. The number of amides is 1. The van der Waals surface area contributed by atoms with Gasteiger partial charge >= 0.3 is 5.97 Å². The van der Waals surface area contributed by atoms with Crippen LogP contribution in [0.15, 0.2) is 29.2 Å². The first-order chi connectivity index (χ1) is 11.7. The number of carboxylic acid groups (broad SMARTS) is 1. The van der Waals surface area contributed by atoms with Crippen molar-refractivity contribution in [3.63, 3.8) is 0 Å². The summed E-state index contributed by atoms with van der Waals surface area (Å²) >= 11 is 0. The van der Waals surface area contributed by atoms with Crippen LogP contribution in [0.4, 0.5) is 0 Å². The zero-order valence-electron chi connectivity index (χ0n) is 14.7. The monoisotopic (exact) mass is 367 g/mol. The van der Waals surface area contributed by atoms with Gasteiger partial charge in [0.1, 0.15) is 0 Å². The van der Waals surface area contributed by atoms with E-state index in [0.717, 1.165) is 6.42 Å². The Morgan fingerprint density at radius 1 is 1.24 bits per heavy atom. The molecule has 1 unspecified atom stereocenters. The number of benzene rings is 1. The van der Waals surface area contributed by atoms with Gasteiger partial charge in [0, 0.05) is 18.7 Å². The lowest BCUT2D eigenvalue weighted by Gasteiger charge is -2.37. The van der Waals surface area contributed by atoms with E-state index in [2.05, 4.69) is 0 Å². The van der Waals surface area contributed by atoms with Crippen LogP contribution in [0.3, 0.4) is 0 Å². The van der Waals surface area contributed by atoms with E-state index in [0.29, 0.717) is 31.4 Å². The number of rotatable bonds is 6. The molecule has 25 heavy (non-hydrogen) atoms. The van der Waals surface area contributed by atoms with Crippen molar-refractivity contribution in [3.05, 3.63) is 29.8 Å². The summed E-state index contributed by atoms with van der Waals surface area (Å²) in [5.41, 5.74) is -0.554. The van der Waals surface area contributed by atoms with E-state index in [-0.39, 0.29) is 23.1 Å². The van der Waals surface area contributed by atoms with E-state index >= 15 is 0 Å². The lowest BCUT2D eigenvalue weighted by Crippen LogP contribution is -2.48. The Balaban J connectivity index is 2.14. The van der Waals surface area contributed by atoms with Gasteiger partial charge in [-0.2, -0.15) is 0 Å². The lowest BCUT2D eigenvalue weighted by atomic mass is 9.82. The highest BCUT2D eigenvalue weighted by molar-refractivity contribution is 7.91. The largest absolute Gasteiger partial charge is 0.481 e. The Morgan fingerprint density at radius 2 is 1.88 bits per heavy atom. The number of nitrogens with zero attached hydrogens (tertiary/aromatic N) is 1. The van der Waals surface area contributed by atoms with E-state index < -0.39 is 21.2 Å². The van der Waals surface area contributed by atoms with Gasteiger partial charge in [0.2, 0.25) is 0 Å². The summed E-state index contributed by atoms with van der Waals surface area (Å²) in [6, 6.07) is 5.93. The fourth-order valence-electron chi connectivity index (χ4n) is 3.03. The summed E-state index contributed by atoms with van der Waals surface area (Å²) in [7, 11) is -3.32. The predicted octanol–water partition coefficient (Wildman–Crippen LogP) is 2.59. The van der Waals surface area contributed by atoms with Crippen LogP contribution >= 0.6 is 0 Å². The molecule has 0 bridgehead atoms. The van der Waals surface area contributed by atoms with Gasteiger partial charge < -0.3 is 10.0 Å². The van der Waals surface area contributed by atoms with Crippen molar-refractivity contribution < 1.29 is 23.1 Å². The van der Waals surface area contributed by atoms with Gasteiger partial charge in [0.05, 0.1) is 16.1 Å². The number of carbonyl (C=O) groups excluding carboxylic acids is 1. The van der Waals surface area contributed by atoms with Crippen molar-refractivity contribution in [1.82, 2.24) is 4.90 Å². The Kier molecular flexibility index (Phi) is 5.87. The van der Waals surface area contributed by atoms with Gasteiger partial charge in [-0.3, -0.25) is 9.59 Å². The third kappa shape index (κ3) is 4.39. The number of hydrogen-bond donors (Lipinski definition) is 1. The fourth-order valence-corrected chi connectivity index (χ4v) is 4.48. The molecule has 1 aliphatic heterocycles. The standard InChI is InChI=1S/C18H25NO5S/c1-3-4-12-25(23,24)15-8-6-14(7-9-15)16(20)19-11-5-10-18(2,13-19)17(21)22/h6-9H,3-5,10-13H2,1-2H3,(H,21,22). The van der Waals surface area contributed by atoms with Crippen LogP contribution < -0.4 is 0 Å². The molecule has 1 N–H and O–H groups in total. The summed E-state index contributed by atoms with van der Waals surface area (Å²) in [6.07, 6.45) is 2.58. The second-order valence-electron chi connectivity index (χ2n) is 6.89. The number of carbonyl (C=O) groups is 2. The second kappa shape index (κ2) is 7.56. The van der Waals surface area contributed by atoms with E-state index in [1.807, 2.05) is 6.92 Å². The molecule has 1 aromatic carbocycles. The Labute approximate surface area is 148 Å². The molecule has 7 heteroatoms. The maximum Gasteiger partial charge on any atom is 0.311 e. The maximum atomic E-state index is 12.6. The van der Waals surface area contributed by atoms with Gasteiger partial charge in [-0.05, 0) is 50.5 Å². The van der Waals surface area contributed by atoms with Gasteiger partial charge in [0.15, 0.2) is 9.84 Å². The van der Waals surface area contributed by atoms with Crippen LogP contribution in [0.5, 0.6) is 0 Å². The van der Waals surface area contributed by atoms with Crippen LogP contribution in [-0.2, 0) is 14.6 Å². The van der Waals surface area contributed by atoms with Crippen molar-refractivity contribution in [2.24, 2.45) is 5.41 Å². The predicted molar refractivity (Wildman–Crippen MR) is 94.3 cm³/mol. The minimum absolute atomic E-state index is 0.0971. The van der Waals surface area contributed by atoms with Gasteiger partial charge in [-0.25, -0.2) is 8.42 Å². The summed E-state index contributed by atoms with van der Waals surface area (Å²) < 4.78 is 24.3. The number of carboxylic acids is 1. The molecule has 1 amide bonds. The molecule has 6 nitrogen and oxygen atoms in total. The summed E-state index contributed by atoms with van der Waals surface area (Å²) in [5, 5.41) is 9.36. The van der Waals surface area contributed by atoms with E-state index in [1.165, 1.54) is 29.2 Å². The molecule has 1 saturated heterocycles. The summed E-state index contributed by atoms with van der Waals surface area (Å²) in [4.78, 5) is 25.8. The number of hydrogen-bond acceptors (Lipinski definition) is 4. The van der Waals surface area contributed by atoms with Crippen LogP contribution in [-0.4, -0.2) is 49.1 Å². The highest BCUT2D eigenvalue weighted by Crippen LogP contribution is 2.30. The molecule has 1 aliphatic rings. The zero-order valence-corrected chi connectivity index (χ0v) is 15.5. The van der Waals surface area contributed by atoms with E-state index in [9.17, 15) is 23.1 Å². The highest BCUT2D eigenvalue weighted by Gasteiger charge is 2.39. The van der Waals surface area contributed by atoms with Crippen LogP contribution in [0, 0.1) is 5.41 Å². The minimum Gasteiger partial charge on any atom is -0.481 e. The number of unbranched alkanes of at least 4 members (excludes halogenated alkanes) is 1. The minimum atomic E-state index is -3.32. The smallest absolute Gasteiger partial charge is 0.311 e. The summed E-state index contributed by atoms with van der Waals surface area (Å²) in [6.45, 7) is 4.26. The molecule has 2 rings (SSSR count). The maximum absolute atomic E-state index is 12.6. The first-order valence-electron chi connectivity index (χ1n) is 8.55. The Bertz CT molecular complexity index is 741. The molecule has 1 aromatic rings. The van der Waals surface area contributed by atoms with Crippen molar-refractivity contribution in [3.8, 4) is 0 Å². The van der Waals surface area contributed by atoms with E-state index in [4.69, 9.17) is 0 Å².